The summed E-state index contributed by atoms with van der Waals surface area (Å²) in [6, 6.07) is 24.0. The Labute approximate surface area is 188 Å². The number of carbonyl (C=O) groups excluding carboxylic acids is 1. The molecule has 0 spiro atoms. The van der Waals surface area contributed by atoms with E-state index in [-0.39, 0.29) is 17.9 Å². The fraction of sp³-hybridized carbons (Fsp3) is 0.0909. The molecule has 1 N–H and O–H groups in total. The molecule has 152 valence electrons. The largest absolute Gasteiger partial charge is 0.482 e. The van der Waals surface area contributed by atoms with Gasteiger partial charge in [-0.15, -0.1) is 0 Å². The molecule has 1 fully saturated rings. The van der Waals surface area contributed by atoms with Crippen LogP contribution in [0.4, 0.5) is 5.69 Å². The van der Waals surface area contributed by atoms with E-state index in [1.54, 1.807) is 36.4 Å². The lowest BCUT2D eigenvalue weighted by Gasteiger charge is -2.23. The Morgan fingerprint density at radius 1 is 1.00 bits per heavy atom. The molecule has 5 nitrogen and oxygen atoms in total. The Morgan fingerprint density at radius 3 is 2.43 bits per heavy atom. The van der Waals surface area contributed by atoms with Crippen LogP contribution in [0.1, 0.15) is 10.9 Å². The summed E-state index contributed by atoms with van der Waals surface area (Å²) in [6.45, 7) is -0.158. The van der Waals surface area contributed by atoms with Crippen molar-refractivity contribution in [1.82, 2.24) is 10.4 Å². The number of rotatable bonds is 5. The van der Waals surface area contributed by atoms with Gasteiger partial charge in [-0.3, -0.25) is 10.2 Å². The number of carbonyl (C=O) groups is 1. The maximum atomic E-state index is 13.0. The predicted octanol–water partition coefficient (Wildman–Crippen LogP) is 5.84. The van der Waals surface area contributed by atoms with E-state index in [0.29, 0.717) is 21.0 Å². The molecule has 0 radical (unpaired) electrons. The number of nitrogens with one attached hydrogen (secondary N) is 1. The van der Waals surface area contributed by atoms with E-state index in [9.17, 15) is 4.79 Å². The molecule has 8 heteroatoms. The number of halogens is 2. The van der Waals surface area contributed by atoms with Gasteiger partial charge in [-0.2, -0.15) is 0 Å². The summed E-state index contributed by atoms with van der Waals surface area (Å²) in [5.74, 6) is 0.225. The summed E-state index contributed by atoms with van der Waals surface area (Å²) in [4.78, 5) is 17.6. The average Bonchev–Trinajstić information content (AvgIpc) is 3.19. The van der Waals surface area contributed by atoms with E-state index in [0.717, 1.165) is 11.3 Å². The first kappa shape index (κ1) is 20.6. The van der Waals surface area contributed by atoms with E-state index >= 15 is 0 Å². The first-order valence-electron chi connectivity index (χ1n) is 9.12. The lowest BCUT2D eigenvalue weighted by atomic mass is 10.2. The third-order valence-corrected chi connectivity index (χ3v) is 5.95. The van der Waals surface area contributed by atoms with Gasteiger partial charge >= 0.3 is 0 Å². The standard InChI is InChI=1S/C22H17Cl2N3O2S/c23-16-10-12-17(13-11-16)25-22-26-27(21(30-22)15-6-2-1-3-7-15)20(28)14-29-19-9-5-4-8-18(19)24/h1-13,21H,14H2,(H,25,26). The van der Waals surface area contributed by atoms with Gasteiger partial charge < -0.3 is 4.74 Å². The van der Waals surface area contributed by atoms with Gasteiger partial charge in [0, 0.05) is 5.02 Å². The molecule has 1 atom stereocenters. The molecule has 1 amide bonds. The van der Waals surface area contributed by atoms with Gasteiger partial charge in [0.05, 0.1) is 10.7 Å². The van der Waals surface area contributed by atoms with Crippen LogP contribution >= 0.6 is 35.0 Å². The highest BCUT2D eigenvalue weighted by Crippen LogP contribution is 2.38. The van der Waals surface area contributed by atoms with E-state index in [1.165, 1.54) is 16.8 Å². The Hall–Kier alpha value is -2.67. The van der Waals surface area contributed by atoms with Crippen molar-refractivity contribution in [2.75, 3.05) is 6.61 Å². The van der Waals surface area contributed by atoms with E-state index in [1.807, 2.05) is 42.5 Å². The van der Waals surface area contributed by atoms with Gasteiger partial charge in [0.25, 0.3) is 5.91 Å². The SMILES string of the molecule is O=C(COc1ccccc1Cl)N1NC(=Nc2ccc(Cl)cc2)SC1c1ccccc1. The van der Waals surface area contributed by atoms with Crippen LogP contribution in [0.3, 0.4) is 0 Å². The minimum absolute atomic E-state index is 0.158. The molecule has 0 aromatic heterocycles. The molecule has 1 saturated heterocycles. The molecule has 1 unspecified atom stereocenters. The molecule has 1 heterocycles. The van der Waals surface area contributed by atoms with Gasteiger partial charge in [-0.05, 0) is 42.0 Å². The molecule has 30 heavy (non-hydrogen) atoms. The monoisotopic (exact) mass is 457 g/mol. The number of nitrogens with zero attached hydrogens (tertiary/aromatic N) is 2. The molecular weight excluding hydrogens is 441 g/mol. The number of hydrazine groups is 1. The molecule has 4 rings (SSSR count). The summed E-state index contributed by atoms with van der Waals surface area (Å²) in [6.07, 6.45) is 0. The molecule has 0 saturated carbocycles. The summed E-state index contributed by atoms with van der Waals surface area (Å²) >= 11 is 13.5. The number of ether oxygens (including phenoxy) is 1. The van der Waals surface area contributed by atoms with E-state index in [2.05, 4.69) is 10.4 Å². The minimum atomic E-state index is -0.278. The zero-order valence-electron chi connectivity index (χ0n) is 15.7. The van der Waals surface area contributed by atoms with Crippen molar-refractivity contribution >= 4 is 51.7 Å². The summed E-state index contributed by atoms with van der Waals surface area (Å²) < 4.78 is 5.63. The van der Waals surface area contributed by atoms with Crippen LogP contribution in [0, 0.1) is 0 Å². The smallest absolute Gasteiger partial charge is 0.280 e. The van der Waals surface area contributed by atoms with Crippen LogP contribution in [0.5, 0.6) is 5.75 Å². The number of amides is 1. The molecule has 0 aliphatic carbocycles. The molecule has 3 aromatic carbocycles. The molecule has 1 aliphatic heterocycles. The summed E-state index contributed by atoms with van der Waals surface area (Å²) in [5, 5.41) is 2.96. The number of hydrogen-bond acceptors (Lipinski definition) is 4. The van der Waals surface area contributed by atoms with Crippen LogP contribution in [-0.2, 0) is 4.79 Å². The van der Waals surface area contributed by atoms with Crippen molar-refractivity contribution in [2.24, 2.45) is 4.99 Å². The quantitative estimate of drug-likeness (QED) is 0.522. The Balaban J connectivity index is 1.54. The lowest BCUT2D eigenvalue weighted by molar-refractivity contribution is -0.135. The zero-order valence-corrected chi connectivity index (χ0v) is 18.0. The topological polar surface area (TPSA) is 53.9 Å². The second-order valence-electron chi connectivity index (χ2n) is 6.37. The van der Waals surface area contributed by atoms with Crippen LogP contribution in [-0.4, -0.2) is 22.7 Å². The lowest BCUT2D eigenvalue weighted by Crippen LogP contribution is -2.42. The number of benzene rings is 3. The van der Waals surface area contributed by atoms with Crippen molar-refractivity contribution in [3.63, 3.8) is 0 Å². The highest BCUT2D eigenvalue weighted by Gasteiger charge is 2.35. The van der Waals surface area contributed by atoms with Crippen LogP contribution < -0.4 is 10.2 Å². The van der Waals surface area contributed by atoms with E-state index < -0.39 is 0 Å². The maximum absolute atomic E-state index is 13.0. The third kappa shape index (κ3) is 4.90. The van der Waals surface area contributed by atoms with Gasteiger partial charge in [-0.25, -0.2) is 10.0 Å². The Bertz CT molecular complexity index is 1060. The van der Waals surface area contributed by atoms with Gasteiger partial charge in [0.15, 0.2) is 11.8 Å². The first-order valence-corrected chi connectivity index (χ1v) is 10.8. The fourth-order valence-electron chi connectivity index (χ4n) is 2.83. The second-order valence-corrected chi connectivity index (χ2v) is 8.28. The minimum Gasteiger partial charge on any atom is -0.482 e. The fourth-order valence-corrected chi connectivity index (χ4v) is 4.24. The van der Waals surface area contributed by atoms with Crippen LogP contribution in [0.25, 0.3) is 0 Å². The summed E-state index contributed by atoms with van der Waals surface area (Å²) in [5.41, 5.74) is 4.82. The van der Waals surface area contributed by atoms with Crippen molar-refractivity contribution in [3.05, 3.63) is 94.5 Å². The molecule has 3 aromatic rings. The van der Waals surface area contributed by atoms with Crippen LogP contribution in [0.15, 0.2) is 83.9 Å². The highest BCUT2D eigenvalue weighted by molar-refractivity contribution is 8.14. The number of amidine groups is 1. The zero-order chi connectivity index (χ0) is 20.9. The average molecular weight is 458 g/mol. The normalized spacial score (nSPS) is 17.1. The number of aliphatic imine (C=N–C) groups is 1. The van der Waals surface area contributed by atoms with E-state index in [4.69, 9.17) is 27.9 Å². The Morgan fingerprint density at radius 2 is 1.70 bits per heavy atom. The Kier molecular flexibility index (Phi) is 6.47. The molecule has 1 aliphatic rings. The number of para-hydroxylation sites is 1. The highest BCUT2D eigenvalue weighted by atomic mass is 35.5. The van der Waals surface area contributed by atoms with Crippen molar-refractivity contribution in [3.8, 4) is 5.75 Å². The number of hydrogen-bond donors (Lipinski definition) is 1. The van der Waals surface area contributed by atoms with Crippen molar-refractivity contribution in [2.45, 2.75) is 5.37 Å². The van der Waals surface area contributed by atoms with Gasteiger partial charge in [0.1, 0.15) is 11.1 Å². The van der Waals surface area contributed by atoms with Crippen molar-refractivity contribution < 1.29 is 9.53 Å². The van der Waals surface area contributed by atoms with Crippen molar-refractivity contribution in [1.29, 1.82) is 0 Å². The summed E-state index contributed by atoms with van der Waals surface area (Å²) in [7, 11) is 0. The molecular formula is C22H17Cl2N3O2S. The van der Waals surface area contributed by atoms with Gasteiger partial charge in [-0.1, -0.05) is 77.4 Å². The second kappa shape index (κ2) is 9.43. The third-order valence-electron chi connectivity index (χ3n) is 4.27. The predicted molar refractivity (Wildman–Crippen MR) is 122 cm³/mol. The maximum Gasteiger partial charge on any atom is 0.280 e. The number of thioether (sulfide) groups is 1. The molecule has 0 bridgehead atoms. The van der Waals surface area contributed by atoms with Crippen LogP contribution in [0.2, 0.25) is 10.0 Å². The first-order chi connectivity index (χ1) is 14.6. The van der Waals surface area contributed by atoms with Gasteiger partial charge in [0.2, 0.25) is 0 Å².